The maximum Gasteiger partial charge on any atom is 0.0199 e. The molecule has 96 valence electrons. The van der Waals surface area contributed by atoms with Gasteiger partial charge >= 0.3 is 0 Å². The highest BCUT2D eigenvalue weighted by Gasteiger charge is 2.12. The van der Waals surface area contributed by atoms with Crippen molar-refractivity contribution < 1.29 is 0 Å². The van der Waals surface area contributed by atoms with E-state index in [2.05, 4.69) is 49.6 Å². The lowest BCUT2D eigenvalue weighted by molar-refractivity contribution is 0.283. The van der Waals surface area contributed by atoms with Crippen LogP contribution in [0.25, 0.3) is 0 Å². The Balaban J connectivity index is 2.37. The van der Waals surface area contributed by atoms with Crippen LogP contribution in [-0.4, -0.2) is 24.5 Å². The zero-order valence-corrected chi connectivity index (χ0v) is 11.5. The van der Waals surface area contributed by atoms with Gasteiger partial charge in [-0.3, -0.25) is 4.90 Å². The molecular weight excluding hydrogens is 206 g/mol. The number of hydrogen-bond donors (Lipinski definition) is 0. The summed E-state index contributed by atoms with van der Waals surface area (Å²) in [7, 11) is 0. The largest absolute Gasteiger partial charge is 0.299 e. The molecule has 17 heavy (non-hydrogen) atoms. The third-order valence-corrected chi connectivity index (χ3v) is 3.30. The molecule has 1 rings (SSSR count). The van der Waals surface area contributed by atoms with Crippen LogP contribution in [0.3, 0.4) is 0 Å². The van der Waals surface area contributed by atoms with Crippen molar-refractivity contribution in [3.05, 3.63) is 36.5 Å². The molecule has 0 spiro atoms. The zero-order valence-electron chi connectivity index (χ0n) is 11.5. The van der Waals surface area contributed by atoms with E-state index in [1.807, 2.05) is 0 Å². The third kappa shape index (κ3) is 5.36. The first-order valence-electron chi connectivity index (χ1n) is 7.03. The molecule has 1 nitrogen and oxygen atoms in total. The first-order valence-corrected chi connectivity index (χ1v) is 7.03. The Morgan fingerprint density at radius 2 is 1.59 bits per heavy atom. The van der Waals surface area contributed by atoms with Crippen molar-refractivity contribution in [2.24, 2.45) is 5.92 Å². The lowest BCUT2D eigenvalue weighted by Crippen LogP contribution is -2.29. The van der Waals surface area contributed by atoms with E-state index in [-0.39, 0.29) is 0 Å². The highest BCUT2D eigenvalue weighted by atomic mass is 15.1. The van der Waals surface area contributed by atoms with Crippen molar-refractivity contribution in [1.29, 1.82) is 0 Å². The second kappa shape index (κ2) is 8.30. The standard InChI is InChI=1S/C16H27N/c1-4-6-12-17(13-7-5-2)14-15(3)16-10-8-9-11-16/h8-11,16H,3-7,12-14H2,1-2H3. The minimum absolute atomic E-state index is 0.473. The van der Waals surface area contributed by atoms with E-state index in [0.717, 1.165) is 6.54 Å². The van der Waals surface area contributed by atoms with Crippen molar-refractivity contribution >= 4 is 0 Å². The normalized spacial score (nSPS) is 15.0. The van der Waals surface area contributed by atoms with Gasteiger partial charge in [-0.2, -0.15) is 0 Å². The molecule has 0 bridgehead atoms. The van der Waals surface area contributed by atoms with Crippen molar-refractivity contribution in [2.45, 2.75) is 39.5 Å². The Labute approximate surface area is 107 Å². The van der Waals surface area contributed by atoms with Crippen molar-refractivity contribution in [1.82, 2.24) is 4.90 Å². The van der Waals surface area contributed by atoms with Gasteiger partial charge in [-0.05, 0) is 25.9 Å². The highest BCUT2D eigenvalue weighted by molar-refractivity contribution is 5.27. The van der Waals surface area contributed by atoms with Crippen LogP contribution in [0.15, 0.2) is 36.5 Å². The molecule has 0 fully saturated rings. The monoisotopic (exact) mass is 233 g/mol. The van der Waals surface area contributed by atoms with Crippen LogP contribution < -0.4 is 0 Å². The first-order chi connectivity index (χ1) is 8.27. The molecule has 0 amide bonds. The van der Waals surface area contributed by atoms with Crippen LogP contribution in [0.1, 0.15) is 39.5 Å². The van der Waals surface area contributed by atoms with Crippen LogP contribution in [0.4, 0.5) is 0 Å². The summed E-state index contributed by atoms with van der Waals surface area (Å²) >= 11 is 0. The molecule has 0 N–H and O–H groups in total. The Kier molecular flexibility index (Phi) is 6.95. The fourth-order valence-electron chi connectivity index (χ4n) is 2.13. The van der Waals surface area contributed by atoms with Crippen LogP contribution in [0.2, 0.25) is 0 Å². The zero-order chi connectivity index (χ0) is 12.5. The quantitative estimate of drug-likeness (QED) is 0.540. The molecule has 0 radical (unpaired) electrons. The van der Waals surface area contributed by atoms with Gasteiger partial charge in [0.2, 0.25) is 0 Å². The molecule has 1 aliphatic carbocycles. The molecule has 0 heterocycles. The van der Waals surface area contributed by atoms with Crippen LogP contribution in [0, 0.1) is 5.92 Å². The average molecular weight is 233 g/mol. The van der Waals surface area contributed by atoms with Crippen LogP contribution in [-0.2, 0) is 0 Å². The maximum absolute atomic E-state index is 4.25. The molecule has 0 saturated heterocycles. The van der Waals surface area contributed by atoms with E-state index in [0.29, 0.717) is 5.92 Å². The number of allylic oxidation sites excluding steroid dienone is 4. The fourth-order valence-corrected chi connectivity index (χ4v) is 2.13. The van der Waals surface area contributed by atoms with Gasteiger partial charge in [0, 0.05) is 12.5 Å². The number of rotatable bonds is 9. The third-order valence-electron chi connectivity index (χ3n) is 3.30. The number of nitrogens with zero attached hydrogens (tertiary/aromatic N) is 1. The minimum atomic E-state index is 0.473. The predicted molar refractivity (Wildman–Crippen MR) is 77.2 cm³/mol. The van der Waals surface area contributed by atoms with Gasteiger partial charge in [-0.15, -0.1) is 0 Å². The van der Waals surface area contributed by atoms with E-state index < -0.39 is 0 Å². The minimum Gasteiger partial charge on any atom is -0.299 e. The second-order valence-electron chi connectivity index (χ2n) is 4.94. The Bertz CT molecular complexity index is 255. The van der Waals surface area contributed by atoms with E-state index in [1.165, 1.54) is 44.3 Å². The van der Waals surface area contributed by atoms with Crippen LogP contribution >= 0.6 is 0 Å². The average Bonchev–Trinajstić information content (AvgIpc) is 2.86. The van der Waals surface area contributed by atoms with E-state index in [4.69, 9.17) is 0 Å². The summed E-state index contributed by atoms with van der Waals surface area (Å²) in [6.45, 7) is 12.3. The Morgan fingerprint density at radius 1 is 1.06 bits per heavy atom. The summed E-state index contributed by atoms with van der Waals surface area (Å²) in [5.41, 5.74) is 1.34. The highest BCUT2D eigenvalue weighted by Crippen LogP contribution is 2.18. The number of unbranched alkanes of at least 4 members (excludes halogenated alkanes) is 2. The van der Waals surface area contributed by atoms with Gasteiger partial charge in [-0.25, -0.2) is 0 Å². The summed E-state index contributed by atoms with van der Waals surface area (Å²) in [6.07, 6.45) is 13.9. The summed E-state index contributed by atoms with van der Waals surface area (Å²) in [5, 5.41) is 0. The Hall–Kier alpha value is -0.820. The molecule has 0 aromatic rings. The van der Waals surface area contributed by atoms with E-state index in [1.54, 1.807) is 0 Å². The predicted octanol–water partition coefficient (Wildman–Crippen LogP) is 4.19. The number of hydrogen-bond acceptors (Lipinski definition) is 1. The molecule has 0 saturated carbocycles. The van der Waals surface area contributed by atoms with E-state index >= 15 is 0 Å². The van der Waals surface area contributed by atoms with Crippen LogP contribution in [0.5, 0.6) is 0 Å². The second-order valence-corrected chi connectivity index (χ2v) is 4.94. The molecule has 1 aliphatic rings. The summed E-state index contributed by atoms with van der Waals surface area (Å²) in [5.74, 6) is 0.473. The molecule has 1 heteroatoms. The molecular formula is C16H27N. The van der Waals surface area contributed by atoms with Gasteiger partial charge in [0.05, 0.1) is 0 Å². The summed E-state index contributed by atoms with van der Waals surface area (Å²) in [6, 6.07) is 0. The van der Waals surface area contributed by atoms with E-state index in [9.17, 15) is 0 Å². The Morgan fingerprint density at radius 3 is 2.06 bits per heavy atom. The van der Waals surface area contributed by atoms with Gasteiger partial charge in [0.15, 0.2) is 0 Å². The van der Waals surface area contributed by atoms with Gasteiger partial charge in [0.1, 0.15) is 0 Å². The van der Waals surface area contributed by atoms with Gasteiger partial charge < -0.3 is 0 Å². The topological polar surface area (TPSA) is 3.24 Å². The SMILES string of the molecule is C=C(CN(CCCC)CCCC)C1C=CC=C1. The molecule has 0 unspecified atom stereocenters. The van der Waals surface area contributed by atoms with Crippen molar-refractivity contribution in [3.63, 3.8) is 0 Å². The maximum atomic E-state index is 4.25. The first kappa shape index (κ1) is 14.2. The van der Waals surface area contributed by atoms with Gasteiger partial charge in [0.25, 0.3) is 0 Å². The fraction of sp³-hybridized carbons (Fsp3) is 0.625. The lowest BCUT2D eigenvalue weighted by Gasteiger charge is -2.24. The van der Waals surface area contributed by atoms with Crippen molar-refractivity contribution in [2.75, 3.05) is 19.6 Å². The molecule has 0 atom stereocenters. The molecule has 0 aromatic carbocycles. The van der Waals surface area contributed by atoms with Gasteiger partial charge in [-0.1, -0.05) is 63.1 Å². The smallest absolute Gasteiger partial charge is 0.0199 e. The summed E-state index contributed by atoms with van der Waals surface area (Å²) < 4.78 is 0. The summed E-state index contributed by atoms with van der Waals surface area (Å²) in [4.78, 5) is 2.56. The lowest BCUT2D eigenvalue weighted by atomic mass is 10.0. The molecule has 0 aromatic heterocycles. The van der Waals surface area contributed by atoms with Crippen molar-refractivity contribution in [3.8, 4) is 0 Å². The molecule has 0 aliphatic heterocycles.